The number of piperazine rings is 1. The molecule has 0 spiro atoms. The van der Waals surface area contributed by atoms with Crippen molar-refractivity contribution in [3.8, 4) is 6.07 Å². The van der Waals surface area contributed by atoms with E-state index in [1.807, 2.05) is 24.4 Å². The van der Waals surface area contributed by atoms with Gasteiger partial charge in [-0.25, -0.2) is 4.98 Å². The molecule has 2 aromatic rings. The van der Waals surface area contributed by atoms with Crippen LogP contribution in [0.1, 0.15) is 13.8 Å². The molecule has 1 fully saturated rings. The van der Waals surface area contributed by atoms with Crippen LogP contribution < -0.4 is 4.90 Å². The topological polar surface area (TPSA) is 73.4 Å². The second-order valence-corrected chi connectivity index (χ2v) is 5.46. The summed E-state index contributed by atoms with van der Waals surface area (Å²) in [5.74, 6) is 0.861. The highest BCUT2D eigenvalue weighted by molar-refractivity contribution is 5.63. The zero-order valence-electron chi connectivity index (χ0n) is 11.7. The molecule has 0 unspecified atom stereocenters. The van der Waals surface area contributed by atoms with Crippen LogP contribution in [0.3, 0.4) is 0 Å². The lowest BCUT2D eigenvalue weighted by molar-refractivity contribution is 0.158. The lowest BCUT2D eigenvalue weighted by atomic mass is 10.0. The molecule has 20 heavy (non-hydrogen) atoms. The largest absolute Gasteiger partial charge is 0.351 e. The third-order valence-corrected chi connectivity index (χ3v) is 3.84. The van der Waals surface area contributed by atoms with Gasteiger partial charge in [0, 0.05) is 38.6 Å². The minimum absolute atomic E-state index is 0.416. The molecular weight excluding hydrogens is 254 g/mol. The van der Waals surface area contributed by atoms with Gasteiger partial charge >= 0.3 is 0 Å². The normalized spacial score (nSPS) is 17.4. The summed E-state index contributed by atoms with van der Waals surface area (Å²) >= 11 is 0. The zero-order chi connectivity index (χ0) is 14.2. The first-order chi connectivity index (χ1) is 9.62. The average molecular weight is 271 g/mol. The number of fused-ring (bicyclic) bond motifs is 1. The fraction of sp³-hybridized carbons (Fsp3) is 0.538. The molecule has 1 aliphatic rings. The van der Waals surface area contributed by atoms with E-state index in [0.29, 0.717) is 0 Å². The lowest BCUT2D eigenvalue weighted by Crippen LogP contribution is -2.54. The van der Waals surface area contributed by atoms with Gasteiger partial charge < -0.3 is 4.90 Å². The van der Waals surface area contributed by atoms with Crippen LogP contribution in [0, 0.1) is 11.3 Å². The van der Waals surface area contributed by atoms with Gasteiger partial charge in [-0.15, -0.1) is 10.2 Å². The summed E-state index contributed by atoms with van der Waals surface area (Å²) in [6.07, 6.45) is 5.28. The Balaban J connectivity index is 1.79. The molecule has 0 atom stereocenters. The Labute approximate surface area is 117 Å². The monoisotopic (exact) mass is 271 g/mol. The summed E-state index contributed by atoms with van der Waals surface area (Å²) in [6.45, 7) is 7.28. The van der Waals surface area contributed by atoms with Gasteiger partial charge in [-0.2, -0.15) is 5.26 Å². The molecule has 0 bridgehead atoms. The zero-order valence-corrected chi connectivity index (χ0v) is 11.7. The number of rotatable bonds is 2. The second-order valence-electron chi connectivity index (χ2n) is 5.46. The van der Waals surface area contributed by atoms with Crippen molar-refractivity contribution in [1.82, 2.24) is 24.5 Å². The maximum absolute atomic E-state index is 9.20. The first-order valence-electron chi connectivity index (χ1n) is 6.67. The van der Waals surface area contributed by atoms with Crippen LogP contribution in [0.15, 0.2) is 18.7 Å². The first kappa shape index (κ1) is 12.8. The molecule has 0 aromatic carbocycles. The van der Waals surface area contributed by atoms with Crippen LogP contribution >= 0.6 is 0 Å². The van der Waals surface area contributed by atoms with E-state index in [9.17, 15) is 5.26 Å². The Morgan fingerprint density at radius 2 is 2.00 bits per heavy atom. The van der Waals surface area contributed by atoms with Gasteiger partial charge in [0.2, 0.25) is 5.65 Å². The van der Waals surface area contributed by atoms with Crippen molar-refractivity contribution in [3.63, 3.8) is 0 Å². The van der Waals surface area contributed by atoms with Gasteiger partial charge in [-0.1, -0.05) is 0 Å². The Morgan fingerprint density at radius 1 is 1.25 bits per heavy atom. The molecule has 0 saturated carbocycles. The van der Waals surface area contributed by atoms with Crippen molar-refractivity contribution in [2.45, 2.75) is 19.4 Å². The minimum atomic E-state index is -0.416. The molecule has 0 N–H and O–H groups in total. The smallest absolute Gasteiger partial charge is 0.203 e. The van der Waals surface area contributed by atoms with Crippen molar-refractivity contribution < 1.29 is 0 Å². The van der Waals surface area contributed by atoms with E-state index in [-0.39, 0.29) is 0 Å². The number of nitriles is 1. The molecule has 104 valence electrons. The van der Waals surface area contributed by atoms with Crippen molar-refractivity contribution in [3.05, 3.63) is 18.7 Å². The summed E-state index contributed by atoms with van der Waals surface area (Å²) < 4.78 is 1.87. The van der Waals surface area contributed by atoms with Gasteiger partial charge in [0.1, 0.15) is 11.9 Å². The van der Waals surface area contributed by atoms with E-state index in [1.165, 1.54) is 0 Å². The second kappa shape index (κ2) is 4.72. The van der Waals surface area contributed by atoms with Crippen molar-refractivity contribution in [2.24, 2.45) is 0 Å². The Bertz CT molecular complexity index is 646. The Hall–Kier alpha value is -2.20. The van der Waals surface area contributed by atoms with Gasteiger partial charge in [-0.05, 0) is 13.8 Å². The van der Waals surface area contributed by atoms with Gasteiger partial charge in [0.15, 0.2) is 5.82 Å². The molecule has 0 amide bonds. The predicted molar refractivity (Wildman–Crippen MR) is 74.3 cm³/mol. The maximum Gasteiger partial charge on any atom is 0.203 e. The number of hydrogen-bond donors (Lipinski definition) is 0. The molecule has 3 heterocycles. The van der Waals surface area contributed by atoms with Crippen LogP contribution in [0.5, 0.6) is 0 Å². The standard InChI is InChI=1S/C13H17N7/c1-13(2,9-14)20-7-5-18(6-8-20)11-12-17-16-10-19(12)4-3-15-11/h3-4,10H,5-8H2,1-2H3. The molecule has 7 nitrogen and oxygen atoms in total. The molecular formula is C13H17N7. The highest BCUT2D eigenvalue weighted by Gasteiger charge is 2.30. The molecule has 0 aliphatic carbocycles. The minimum Gasteiger partial charge on any atom is -0.351 e. The summed E-state index contributed by atoms with van der Waals surface area (Å²) in [6, 6.07) is 2.36. The number of aromatic nitrogens is 4. The Morgan fingerprint density at radius 3 is 2.70 bits per heavy atom. The number of hydrogen-bond acceptors (Lipinski definition) is 6. The highest BCUT2D eigenvalue weighted by atomic mass is 15.3. The molecule has 3 rings (SSSR count). The molecule has 0 radical (unpaired) electrons. The summed E-state index contributed by atoms with van der Waals surface area (Å²) in [7, 11) is 0. The third kappa shape index (κ3) is 2.08. The lowest BCUT2D eigenvalue weighted by Gasteiger charge is -2.40. The quantitative estimate of drug-likeness (QED) is 0.794. The van der Waals surface area contributed by atoms with Crippen LogP contribution in [0.4, 0.5) is 5.82 Å². The van der Waals surface area contributed by atoms with E-state index in [0.717, 1.165) is 37.6 Å². The molecule has 2 aromatic heterocycles. The summed E-state index contributed by atoms with van der Waals surface area (Å²) in [4.78, 5) is 8.83. The Kier molecular flexibility index (Phi) is 3.03. The molecule has 1 aliphatic heterocycles. The van der Waals surface area contributed by atoms with Gasteiger partial charge in [-0.3, -0.25) is 9.30 Å². The first-order valence-corrected chi connectivity index (χ1v) is 6.67. The molecule has 7 heteroatoms. The number of nitrogens with zero attached hydrogens (tertiary/aromatic N) is 7. The third-order valence-electron chi connectivity index (χ3n) is 3.84. The SMILES string of the molecule is CC(C)(C#N)N1CCN(c2nccn3cnnc23)CC1. The fourth-order valence-corrected chi connectivity index (χ4v) is 2.52. The summed E-state index contributed by atoms with van der Waals surface area (Å²) in [5, 5.41) is 17.2. The predicted octanol–water partition coefficient (Wildman–Crippen LogP) is 0.548. The van der Waals surface area contributed by atoms with Gasteiger partial charge in [0.25, 0.3) is 0 Å². The van der Waals surface area contributed by atoms with Crippen LogP contribution in [-0.4, -0.2) is 56.2 Å². The van der Waals surface area contributed by atoms with E-state index in [4.69, 9.17) is 0 Å². The fourth-order valence-electron chi connectivity index (χ4n) is 2.52. The van der Waals surface area contributed by atoms with Gasteiger partial charge in [0.05, 0.1) is 6.07 Å². The van der Waals surface area contributed by atoms with E-state index >= 15 is 0 Å². The van der Waals surface area contributed by atoms with Crippen molar-refractivity contribution in [2.75, 3.05) is 31.1 Å². The van der Waals surface area contributed by atoms with E-state index in [1.54, 1.807) is 12.5 Å². The summed E-state index contributed by atoms with van der Waals surface area (Å²) in [5.41, 5.74) is 0.362. The van der Waals surface area contributed by atoms with Crippen LogP contribution in [-0.2, 0) is 0 Å². The van der Waals surface area contributed by atoms with Crippen LogP contribution in [0.2, 0.25) is 0 Å². The van der Waals surface area contributed by atoms with Crippen LogP contribution in [0.25, 0.3) is 5.65 Å². The number of anilines is 1. The van der Waals surface area contributed by atoms with Crippen molar-refractivity contribution >= 4 is 11.5 Å². The highest BCUT2D eigenvalue weighted by Crippen LogP contribution is 2.21. The van der Waals surface area contributed by atoms with E-state index in [2.05, 4.69) is 31.1 Å². The average Bonchev–Trinajstić information content (AvgIpc) is 2.95. The molecule has 1 saturated heterocycles. The van der Waals surface area contributed by atoms with E-state index < -0.39 is 5.54 Å². The van der Waals surface area contributed by atoms with Crippen molar-refractivity contribution in [1.29, 1.82) is 5.26 Å². The maximum atomic E-state index is 9.20.